The number of nitrogens with two attached hydrogens (primary N) is 1. The first kappa shape index (κ1) is 10.1. The predicted molar refractivity (Wildman–Crippen MR) is 57.8 cm³/mol. The van der Waals surface area contributed by atoms with E-state index in [4.69, 9.17) is 5.84 Å². The molecule has 0 radical (unpaired) electrons. The Hall–Kier alpha value is -2.41. The van der Waals surface area contributed by atoms with Gasteiger partial charge in [-0.05, 0) is 12.1 Å². The number of amides is 1. The molecule has 0 fully saturated rings. The van der Waals surface area contributed by atoms with E-state index < -0.39 is 5.91 Å². The number of nitrogens with zero attached hydrogens (tertiary/aromatic N) is 2. The second-order valence-corrected chi connectivity index (χ2v) is 2.99. The number of hydrogen-bond acceptors (Lipinski definition) is 5. The lowest BCUT2D eigenvalue weighted by Gasteiger charge is -2.03. The molecule has 16 heavy (non-hydrogen) atoms. The zero-order valence-electron chi connectivity index (χ0n) is 8.27. The molecule has 0 aliphatic carbocycles. The maximum Gasteiger partial charge on any atom is 0.289 e. The Morgan fingerprint density at radius 3 is 2.69 bits per heavy atom. The van der Waals surface area contributed by atoms with Crippen molar-refractivity contribution in [2.24, 2.45) is 5.84 Å². The number of hydrazine groups is 1. The highest BCUT2D eigenvalue weighted by molar-refractivity contribution is 5.96. The summed E-state index contributed by atoms with van der Waals surface area (Å²) in [6, 6.07) is 9.31. The SMILES string of the molecule is NNC(=O)c1n[nH]nc1Nc1ccccc1. The van der Waals surface area contributed by atoms with Crippen LogP contribution in [0.5, 0.6) is 0 Å². The summed E-state index contributed by atoms with van der Waals surface area (Å²) >= 11 is 0. The highest BCUT2D eigenvalue weighted by atomic mass is 16.2. The summed E-state index contributed by atoms with van der Waals surface area (Å²) in [7, 11) is 0. The molecule has 0 aliphatic rings. The van der Waals surface area contributed by atoms with Crippen LogP contribution in [0.3, 0.4) is 0 Å². The third-order valence-corrected chi connectivity index (χ3v) is 1.93. The average molecular weight is 218 g/mol. The Bertz CT molecular complexity index is 480. The Morgan fingerprint density at radius 1 is 1.25 bits per heavy atom. The molecule has 0 atom stereocenters. The number of aromatic amines is 1. The third kappa shape index (κ3) is 1.98. The van der Waals surface area contributed by atoms with Gasteiger partial charge in [0.2, 0.25) is 0 Å². The first-order chi connectivity index (χ1) is 7.81. The summed E-state index contributed by atoms with van der Waals surface area (Å²) in [4.78, 5) is 11.3. The molecule has 2 rings (SSSR count). The maximum atomic E-state index is 11.3. The number of hydrogen-bond donors (Lipinski definition) is 4. The molecule has 7 heteroatoms. The fourth-order valence-electron chi connectivity index (χ4n) is 1.20. The van der Waals surface area contributed by atoms with E-state index in [1.165, 1.54) is 0 Å². The van der Waals surface area contributed by atoms with Gasteiger partial charge in [0.1, 0.15) is 0 Å². The highest BCUT2D eigenvalue weighted by Gasteiger charge is 2.14. The van der Waals surface area contributed by atoms with Crippen LogP contribution in [0.4, 0.5) is 11.5 Å². The van der Waals surface area contributed by atoms with Gasteiger partial charge in [0.15, 0.2) is 11.5 Å². The summed E-state index contributed by atoms with van der Waals surface area (Å²) in [6.45, 7) is 0. The first-order valence-corrected chi connectivity index (χ1v) is 4.55. The number of nitrogen functional groups attached to an aromatic ring is 1. The number of H-pyrrole nitrogens is 1. The van der Waals surface area contributed by atoms with Gasteiger partial charge in [-0.3, -0.25) is 10.2 Å². The van der Waals surface area contributed by atoms with Crippen molar-refractivity contribution >= 4 is 17.4 Å². The molecule has 0 saturated carbocycles. The maximum absolute atomic E-state index is 11.3. The van der Waals surface area contributed by atoms with E-state index in [0.29, 0.717) is 5.82 Å². The van der Waals surface area contributed by atoms with Gasteiger partial charge in [-0.25, -0.2) is 5.84 Å². The summed E-state index contributed by atoms with van der Waals surface area (Å²) in [5, 5.41) is 12.8. The van der Waals surface area contributed by atoms with Crippen LogP contribution in [0.1, 0.15) is 10.5 Å². The number of nitrogens with one attached hydrogen (secondary N) is 3. The number of para-hydroxylation sites is 1. The quantitative estimate of drug-likeness (QED) is 0.333. The molecule has 2 aromatic rings. The van der Waals surface area contributed by atoms with E-state index in [-0.39, 0.29) is 5.69 Å². The largest absolute Gasteiger partial charge is 0.337 e. The van der Waals surface area contributed by atoms with Gasteiger partial charge in [-0.2, -0.15) is 5.21 Å². The van der Waals surface area contributed by atoms with Crippen LogP contribution in [-0.4, -0.2) is 21.3 Å². The minimum Gasteiger partial charge on any atom is -0.337 e. The minimum absolute atomic E-state index is 0.117. The van der Waals surface area contributed by atoms with Crippen molar-refractivity contribution in [1.82, 2.24) is 20.8 Å². The monoisotopic (exact) mass is 218 g/mol. The van der Waals surface area contributed by atoms with Gasteiger partial charge in [0, 0.05) is 5.69 Å². The van der Waals surface area contributed by atoms with Crippen molar-refractivity contribution in [1.29, 1.82) is 0 Å². The van der Waals surface area contributed by atoms with Crippen LogP contribution in [0.25, 0.3) is 0 Å². The molecule has 5 N–H and O–H groups in total. The Morgan fingerprint density at radius 2 is 2.00 bits per heavy atom. The van der Waals surface area contributed by atoms with Crippen LogP contribution >= 0.6 is 0 Å². The van der Waals surface area contributed by atoms with E-state index in [1.54, 1.807) is 0 Å². The fourth-order valence-corrected chi connectivity index (χ4v) is 1.20. The zero-order chi connectivity index (χ0) is 11.4. The molecular formula is C9H10N6O. The number of carbonyl (C=O) groups excluding carboxylic acids is 1. The van der Waals surface area contributed by atoms with Gasteiger partial charge >= 0.3 is 0 Å². The molecule has 1 aromatic heterocycles. The smallest absolute Gasteiger partial charge is 0.289 e. The molecule has 0 saturated heterocycles. The standard InChI is InChI=1S/C9H10N6O/c10-12-9(16)7-8(14-15-13-7)11-6-4-2-1-3-5-6/h1-5H,10H2,(H,12,16)(H2,11,13,14,15). The van der Waals surface area contributed by atoms with E-state index in [0.717, 1.165) is 5.69 Å². The van der Waals surface area contributed by atoms with Gasteiger partial charge in [-0.15, -0.1) is 10.2 Å². The molecule has 1 heterocycles. The van der Waals surface area contributed by atoms with E-state index >= 15 is 0 Å². The average Bonchev–Trinajstić information content (AvgIpc) is 2.77. The lowest BCUT2D eigenvalue weighted by Crippen LogP contribution is -2.30. The molecule has 0 unspecified atom stereocenters. The molecule has 0 aliphatic heterocycles. The fraction of sp³-hybridized carbons (Fsp3) is 0. The van der Waals surface area contributed by atoms with Crippen LogP contribution < -0.4 is 16.6 Å². The van der Waals surface area contributed by atoms with Crippen molar-refractivity contribution in [2.45, 2.75) is 0 Å². The first-order valence-electron chi connectivity index (χ1n) is 4.55. The van der Waals surface area contributed by atoms with Gasteiger partial charge in [-0.1, -0.05) is 18.2 Å². The topological polar surface area (TPSA) is 109 Å². The summed E-state index contributed by atoms with van der Waals surface area (Å²) in [5.41, 5.74) is 2.92. The van der Waals surface area contributed by atoms with Crippen molar-refractivity contribution in [2.75, 3.05) is 5.32 Å². The Balaban J connectivity index is 2.22. The lowest BCUT2D eigenvalue weighted by molar-refractivity contribution is 0.0949. The van der Waals surface area contributed by atoms with Gasteiger partial charge < -0.3 is 5.32 Å². The van der Waals surface area contributed by atoms with E-state index in [9.17, 15) is 4.79 Å². The second kappa shape index (κ2) is 4.41. The number of rotatable bonds is 3. The Kier molecular flexibility index (Phi) is 2.79. The molecule has 0 spiro atoms. The van der Waals surface area contributed by atoms with Crippen LogP contribution in [0.2, 0.25) is 0 Å². The number of aromatic nitrogens is 3. The molecule has 0 bridgehead atoms. The number of anilines is 2. The van der Waals surface area contributed by atoms with Crippen molar-refractivity contribution in [3.05, 3.63) is 36.0 Å². The summed E-state index contributed by atoms with van der Waals surface area (Å²) < 4.78 is 0. The Labute approximate surface area is 91.0 Å². The molecule has 7 nitrogen and oxygen atoms in total. The zero-order valence-corrected chi connectivity index (χ0v) is 8.27. The van der Waals surface area contributed by atoms with Crippen LogP contribution in [0.15, 0.2) is 30.3 Å². The van der Waals surface area contributed by atoms with Gasteiger partial charge in [0.25, 0.3) is 5.91 Å². The molecule has 1 amide bonds. The highest BCUT2D eigenvalue weighted by Crippen LogP contribution is 2.15. The summed E-state index contributed by atoms with van der Waals surface area (Å²) in [6.07, 6.45) is 0. The molecule has 1 aromatic carbocycles. The number of benzene rings is 1. The van der Waals surface area contributed by atoms with E-state index in [1.807, 2.05) is 35.8 Å². The van der Waals surface area contributed by atoms with E-state index in [2.05, 4.69) is 20.7 Å². The van der Waals surface area contributed by atoms with Crippen LogP contribution in [-0.2, 0) is 0 Å². The van der Waals surface area contributed by atoms with Crippen molar-refractivity contribution in [3.63, 3.8) is 0 Å². The van der Waals surface area contributed by atoms with Gasteiger partial charge in [0.05, 0.1) is 0 Å². The van der Waals surface area contributed by atoms with Crippen molar-refractivity contribution in [3.8, 4) is 0 Å². The lowest BCUT2D eigenvalue weighted by atomic mass is 10.3. The number of carbonyl (C=O) groups is 1. The van der Waals surface area contributed by atoms with Crippen LogP contribution in [0, 0.1) is 0 Å². The third-order valence-electron chi connectivity index (χ3n) is 1.93. The minimum atomic E-state index is -0.507. The normalized spacial score (nSPS) is 9.81. The second-order valence-electron chi connectivity index (χ2n) is 2.99. The van der Waals surface area contributed by atoms with Crippen molar-refractivity contribution < 1.29 is 4.79 Å². The molecule has 82 valence electrons. The molecular weight excluding hydrogens is 208 g/mol. The summed E-state index contributed by atoms with van der Waals surface area (Å²) in [5.74, 6) is 4.84. The predicted octanol–water partition coefficient (Wildman–Crippen LogP) is 0.152.